The second-order valence-electron chi connectivity index (χ2n) is 6.85. The van der Waals surface area contributed by atoms with E-state index in [2.05, 4.69) is 10.3 Å². The van der Waals surface area contributed by atoms with Crippen molar-refractivity contribution in [3.05, 3.63) is 65.0 Å². The van der Waals surface area contributed by atoms with Gasteiger partial charge in [-0.15, -0.1) is 0 Å². The molecule has 1 N–H and O–H groups in total. The molecule has 152 valence electrons. The van der Waals surface area contributed by atoms with Gasteiger partial charge in [-0.1, -0.05) is 23.8 Å². The van der Waals surface area contributed by atoms with Crippen LogP contribution in [0.25, 0.3) is 11.5 Å². The van der Waals surface area contributed by atoms with Crippen molar-refractivity contribution in [2.75, 3.05) is 20.8 Å². The summed E-state index contributed by atoms with van der Waals surface area (Å²) < 4.78 is 16.4. The van der Waals surface area contributed by atoms with Gasteiger partial charge in [0.2, 0.25) is 11.8 Å². The molecule has 0 unspecified atom stereocenters. The third kappa shape index (κ3) is 5.16. The van der Waals surface area contributed by atoms with Crippen molar-refractivity contribution < 1.29 is 18.7 Å². The van der Waals surface area contributed by atoms with E-state index in [0.717, 1.165) is 28.2 Å². The Morgan fingerprint density at radius 3 is 2.66 bits per heavy atom. The van der Waals surface area contributed by atoms with Gasteiger partial charge in [0.25, 0.3) is 0 Å². The molecular formula is C23H26N2O4. The van der Waals surface area contributed by atoms with Crippen molar-refractivity contribution in [3.8, 4) is 23.0 Å². The Hall–Kier alpha value is -3.28. The molecule has 6 heteroatoms. The van der Waals surface area contributed by atoms with Crippen molar-refractivity contribution in [3.63, 3.8) is 0 Å². The predicted molar refractivity (Wildman–Crippen MR) is 111 cm³/mol. The summed E-state index contributed by atoms with van der Waals surface area (Å²) in [4.78, 5) is 16.9. The lowest BCUT2D eigenvalue weighted by Gasteiger charge is -2.11. The Bertz CT molecular complexity index is 994. The van der Waals surface area contributed by atoms with E-state index >= 15 is 0 Å². The highest BCUT2D eigenvalue weighted by Crippen LogP contribution is 2.25. The van der Waals surface area contributed by atoms with Gasteiger partial charge >= 0.3 is 0 Å². The molecule has 1 heterocycles. The normalized spacial score (nSPS) is 10.6. The van der Waals surface area contributed by atoms with Crippen LogP contribution in [0.15, 0.2) is 46.9 Å². The number of oxazole rings is 1. The number of carbonyl (C=O) groups is 1. The maximum absolute atomic E-state index is 12.4. The monoisotopic (exact) mass is 394 g/mol. The molecule has 0 aliphatic rings. The van der Waals surface area contributed by atoms with Gasteiger partial charge in [0.05, 0.1) is 26.3 Å². The van der Waals surface area contributed by atoms with Crippen molar-refractivity contribution in [2.24, 2.45) is 0 Å². The molecule has 1 amide bonds. The van der Waals surface area contributed by atoms with E-state index in [1.807, 2.05) is 56.3 Å². The molecule has 6 nitrogen and oxygen atoms in total. The number of nitrogens with one attached hydrogen (secondary N) is 1. The number of aryl methyl sites for hydroxylation is 2. The number of carbonyl (C=O) groups excluding carboxylic acids is 1. The Morgan fingerprint density at radius 1 is 1.10 bits per heavy atom. The summed E-state index contributed by atoms with van der Waals surface area (Å²) in [6, 6.07) is 13.6. The van der Waals surface area contributed by atoms with E-state index in [1.165, 1.54) is 0 Å². The van der Waals surface area contributed by atoms with Gasteiger partial charge in [-0.3, -0.25) is 4.79 Å². The zero-order chi connectivity index (χ0) is 20.8. The summed E-state index contributed by atoms with van der Waals surface area (Å²) in [5.74, 6) is 2.59. The highest BCUT2D eigenvalue weighted by Gasteiger charge is 2.15. The van der Waals surface area contributed by atoms with Crippen molar-refractivity contribution in [1.82, 2.24) is 10.3 Å². The maximum Gasteiger partial charge on any atom is 0.226 e. The molecule has 0 spiro atoms. The van der Waals surface area contributed by atoms with Gasteiger partial charge in [-0.25, -0.2) is 4.98 Å². The van der Waals surface area contributed by atoms with E-state index < -0.39 is 0 Å². The molecule has 1 aromatic heterocycles. The van der Waals surface area contributed by atoms with Crippen LogP contribution < -0.4 is 14.8 Å². The average Bonchev–Trinajstić information content (AvgIpc) is 3.08. The molecular weight excluding hydrogens is 368 g/mol. The molecule has 0 aliphatic heterocycles. The van der Waals surface area contributed by atoms with Crippen LogP contribution in [-0.2, 0) is 17.6 Å². The first kappa shape index (κ1) is 20.5. The van der Waals surface area contributed by atoms with E-state index in [-0.39, 0.29) is 12.3 Å². The first-order chi connectivity index (χ1) is 14.0. The highest BCUT2D eigenvalue weighted by molar-refractivity contribution is 5.78. The van der Waals surface area contributed by atoms with Crippen LogP contribution in [0.3, 0.4) is 0 Å². The van der Waals surface area contributed by atoms with Crippen molar-refractivity contribution in [2.45, 2.75) is 26.7 Å². The van der Waals surface area contributed by atoms with E-state index in [4.69, 9.17) is 13.9 Å². The number of ether oxygens (including phenoxy) is 2. The summed E-state index contributed by atoms with van der Waals surface area (Å²) in [7, 11) is 3.24. The van der Waals surface area contributed by atoms with Crippen LogP contribution in [0, 0.1) is 13.8 Å². The SMILES string of the molecule is COc1ccc(CCNC(=O)Cc2nc(-c3cccc(C)c3)oc2C)c(OC)c1. The molecule has 29 heavy (non-hydrogen) atoms. The molecule has 3 rings (SSSR count). The van der Waals surface area contributed by atoms with Gasteiger partial charge in [-0.2, -0.15) is 0 Å². The standard InChI is InChI=1S/C23H26N2O4/c1-15-6-5-7-18(12-15)23-25-20(16(2)29-23)14-22(26)24-11-10-17-8-9-19(27-3)13-21(17)28-4/h5-9,12-13H,10-11,14H2,1-4H3,(H,24,26). The summed E-state index contributed by atoms with van der Waals surface area (Å²) in [5, 5.41) is 2.94. The number of hydrogen-bond acceptors (Lipinski definition) is 5. The quantitative estimate of drug-likeness (QED) is 0.628. The number of aromatic nitrogens is 1. The van der Waals surface area contributed by atoms with E-state index in [0.29, 0.717) is 30.3 Å². The van der Waals surface area contributed by atoms with Gasteiger partial charge in [0, 0.05) is 18.2 Å². The Morgan fingerprint density at radius 2 is 1.93 bits per heavy atom. The minimum Gasteiger partial charge on any atom is -0.497 e. The minimum atomic E-state index is -0.0929. The number of methoxy groups -OCH3 is 2. The van der Waals surface area contributed by atoms with Crippen molar-refractivity contribution in [1.29, 1.82) is 0 Å². The molecule has 3 aromatic rings. The number of nitrogens with zero attached hydrogens (tertiary/aromatic N) is 1. The Balaban J connectivity index is 1.58. The van der Waals surface area contributed by atoms with Gasteiger partial charge in [-0.05, 0) is 44.0 Å². The zero-order valence-corrected chi connectivity index (χ0v) is 17.2. The highest BCUT2D eigenvalue weighted by atomic mass is 16.5. The molecule has 0 saturated carbocycles. The van der Waals surface area contributed by atoms with Crippen LogP contribution in [0.2, 0.25) is 0 Å². The fourth-order valence-corrected chi connectivity index (χ4v) is 3.10. The molecule has 2 aromatic carbocycles. The third-order valence-electron chi connectivity index (χ3n) is 4.70. The van der Waals surface area contributed by atoms with Crippen molar-refractivity contribution >= 4 is 5.91 Å². The second-order valence-corrected chi connectivity index (χ2v) is 6.85. The topological polar surface area (TPSA) is 73.6 Å². The number of amides is 1. The summed E-state index contributed by atoms with van der Waals surface area (Å²) in [6.07, 6.45) is 0.839. The fraction of sp³-hybridized carbons (Fsp3) is 0.304. The smallest absolute Gasteiger partial charge is 0.226 e. The Labute approximate surface area is 170 Å². The molecule has 0 saturated heterocycles. The molecule has 0 radical (unpaired) electrons. The molecule has 0 atom stereocenters. The first-order valence-electron chi connectivity index (χ1n) is 9.51. The van der Waals surface area contributed by atoms with Gasteiger partial charge in [0.15, 0.2) is 0 Å². The van der Waals surface area contributed by atoms with Gasteiger partial charge < -0.3 is 19.2 Å². The lowest BCUT2D eigenvalue weighted by Crippen LogP contribution is -2.27. The van der Waals surface area contributed by atoms with Gasteiger partial charge in [0.1, 0.15) is 17.3 Å². The molecule has 0 bridgehead atoms. The van der Waals surface area contributed by atoms with Crippen LogP contribution >= 0.6 is 0 Å². The lowest BCUT2D eigenvalue weighted by atomic mass is 10.1. The third-order valence-corrected chi connectivity index (χ3v) is 4.70. The predicted octanol–water partition coefficient (Wildman–Crippen LogP) is 3.88. The van der Waals surface area contributed by atoms with E-state index in [9.17, 15) is 4.79 Å². The van der Waals surface area contributed by atoms with Crippen LogP contribution in [0.4, 0.5) is 0 Å². The van der Waals surface area contributed by atoms with Crippen LogP contribution in [-0.4, -0.2) is 31.7 Å². The maximum atomic E-state index is 12.4. The summed E-state index contributed by atoms with van der Waals surface area (Å²) >= 11 is 0. The Kier molecular flexibility index (Phi) is 6.54. The second kappa shape index (κ2) is 9.28. The van der Waals surface area contributed by atoms with Crippen LogP contribution in [0.5, 0.6) is 11.5 Å². The minimum absolute atomic E-state index is 0.0929. The summed E-state index contributed by atoms with van der Waals surface area (Å²) in [6.45, 7) is 4.35. The number of benzene rings is 2. The first-order valence-corrected chi connectivity index (χ1v) is 9.51. The number of rotatable bonds is 8. The zero-order valence-electron chi connectivity index (χ0n) is 17.2. The van der Waals surface area contributed by atoms with Crippen LogP contribution in [0.1, 0.15) is 22.6 Å². The number of hydrogen-bond donors (Lipinski definition) is 1. The lowest BCUT2D eigenvalue weighted by molar-refractivity contribution is -0.120. The average molecular weight is 394 g/mol. The molecule has 0 aliphatic carbocycles. The summed E-state index contributed by atoms with van der Waals surface area (Å²) in [5.41, 5.74) is 3.70. The fourth-order valence-electron chi connectivity index (χ4n) is 3.10. The molecule has 0 fully saturated rings. The van der Waals surface area contributed by atoms with E-state index in [1.54, 1.807) is 14.2 Å². The largest absolute Gasteiger partial charge is 0.497 e.